The van der Waals surface area contributed by atoms with Gasteiger partial charge in [-0.2, -0.15) is 4.98 Å². The molecule has 0 bridgehead atoms. The second-order valence-electron chi connectivity index (χ2n) is 5.64. The molecule has 0 amide bonds. The maximum Gasteiger partial charge on any atom is 0.229 e. The molecule has 4 heteroatoms. The summed E-state index contributed by atoms with van der Waals surface area (Å²) in [6, 6.07) is 8.60. The maximum absolute atomic E-state index is 4.48. The first-order valence-corrected chi connectivity index (χ1v) is 7.57. The van der Waals surface area contributed by atoms with E-state index in [-0.39, 0.29) is 0 Å². The molecule has 0 unspecified atom stereocenters. The quantitative estimate of drug-likeness (QED) is 0.697. The number of nitrogens with zero attached hydrogens (tertiary/aromatic N) is 2. The number of nitrogens with one attached hydrogen (secondary N) is 2. The molecule has 1 aliphatic carbocycles. The highest BCUT2D eigenvalue weighted by atomic mass is 15.1. The topological polar surface area (TPSA) is 53.6 Å². The minimum atomic E-state index is 0.638. The lowest BCUT2D eigenvalue weighted by Crippen LogP contribution is -1.99. The third-order valence-electron chi connectivity index (χ3n) is 4.15. The SMILES string of the molecule is c1cc2cnc(Nc3ccc4c(c3)CCCCC4)nc2[nH]1. The fourth-order valence-electron chi connectivity index (χ4n) is 3.02. The second-order valence-corrected chi connectivity index (χ2v) is 5.64. The van der Waals surface area contributed by atoms with Gasteiger partial charge in [-0.3, -0.25) is 0 Å². The van der Waals surface area contributed by atoms with Gasteiger partial charge in [0.15, 0.2) is 0 Å². The summed E-state index contributed by atoms with van der Waals surface area (Å²) >= 11 is 0. The van der Waals surface area contributed by atoms with Crippen molar-refractivity contribution < 1.29 is 0 Å². The molecule has 0 radical (unpaired) electrons. The molecule has 21 heavy (non-hydrogen) atoms. The van der Waals surface area contributed by atoms with E-state index in [0.29, 0.717) is 5.95 Å². The van der Waals surface area contributed by atoms with Gasteiger partial charge in [0.25, 0.3) is 0 Å². The van der Waals surface area contributed by atoms with E-state index in [4.69, 9.17) is 0 Å². The Bertz CT molecular complexity index is 775. The molecular formula is C17H18N4. The summed E-state index contributed by atoms with van der Waals surface area (Å²) in [6.07, 6.45) is 10.1. The molecule has 0 spiro atoms. The summed E-state index contributed by atoms with van der Waals surface area (Å²) in [5.41, 5.74) is 4.90. The van der Waals surface area contributed by atoms with Crippen LogP contribution >= 0.6 is 0 Å². The minimum absolute atomic E-state index is 0.638. The smallest absolute Gasteiger partial charge is 0.229 e. The number of aromatic nitrogens is 3. The number of anilines is 2. The van der Waals surface area contributed by atoms with Gasteiger partial charge in [0, 0.05) is 23.5 Å². The van der Waals surface area contributed by atoms with Crippen LogP contribution in [0.1, 0.15) is 30.4 Å². The zero-order valence-electron chi connectivity index (χ0n) is 11.9. The monoisotopic (exact) mass is 278 g/mol. The Kier molecular flexibility index (Phi) is 3.07. The van der Waals surface area contributed by atoms with Gasteiger partial charge in [-0.15, -0.1) is 0 Å². The summed E-state index contributed by atoms with van der Waals surface area (Å²) in [5, 5.41) is 4.34. The molecule has 4 nitrogen and oxygen atoms in total. The van der Waals surface area contributed by atoms with Crippen LogP contribution in [0.2, 0.25) is 0 Å². The van der Waals surface area contributed by atoms with E-state index in [2.05, 4.69) is 38.5 Å². The molecule has 106 valence electrons. The first kappa shape index (κ1) is 12.4. The number of fused-ring (bicyclic) bond motifs is 2. The summed E-state index contributed by atoms with van der Waals surface area (Å²) in [4.78, 5) is 12.0. The van der Waals surface area contributed by atoms with Crippen LogP contribution in [-0.4, -0.2) is 15.0 Å². The maximum atomic E-state index is 4.48. The minimum Gasteiger partial charge on any atom is -0.346 e. The summed E-state index contributed by atoms with van der Waals surface area (Å²) < 4.78 is 0. The first-order chi connectivity index (χ1) is 10.4. The second kappa shape index (κ2) is 5.20. The van der Waals surface area contributed by atoms with Crippen molar-refractivity contribution in [3.05, 3.63) is 47.8 Å². The van der Waals surface area contributed by atoms with Crippen LogP contribution in [0.3, 0.4) is 0 Å². The standard InChI is InChI=1S/C17H18N4/c1-2-4-12-6-7-15(10-13(12)5-3-1)20-17-19-11-14-8-9-18-16(14)21-17/h6-11H,1-5H2,(H2,18,19,20,21). The summed E-state index contributed by atoms with van der Waals surface area (Å²) in [5.74, 6) is 0.638. The third-order valence-corrected chi connectivity index (χ3v) is 4.15. The molecular weight excluding hydrogens is 260 g/mol. The first-order valence-electron chi connectivity index (χ1n) is 7.57. The van der Waals surface area contributed by atoms with E-state index in [1.165, 1.54) is 43.2 Å². The van der Waals surface area contributed by atoms with E-state index >= 15 is 0 Å². The van der Waals surface area contributed by atoms with E-state index in [1.54, 1.807) is 0 Å². The Morgan fingerprint density at radius 3 is 2.86 bits per heavy atom. The van der Waals surface area contributed by atoms with Crippen molar-refractivity contribution in [2.24, 2.45) is 0 Å². The molecule has 1 aromatic carbocycles. The zero-order chi connectivity index (χ0) is 14.1. The number of hydrogen-bond acceptors (Lipinski definition) is 3. The number of aryl methyl sites for hydroxylation is 2. The average molecular weight is 278 g/mol. The van der Waals surface area contributed by atoms with Crippen molar-refractivity contribution in [1.29, 1.82) is 0 Å². The van der Waals surface area contributed by atoms with Gasteiger partial charge >= 0.3 is 0 Å². The number of hydrogen-bond donors (Lipinski definition) is 2. The van der Waals surface area contributed by atoms with Crippen molar-refractivity contribution in [2.45, 2.75) is 32.1 Å². The average Bonchev–Trinajstić information content (AvgIpc) is 2.84. The van der Waals surface area contributed by atoms with Crippen molar-refractivity contribution in [3.63, 3.8) is 0 Å². The molecule has 2 aromatic heterocycles. The highest BCUT2D eigenvalue weighted by Gasteiger charge is 2.09. The third kappa shape index (κ3) is 2.49. The summed E-state index contributed by atoms with van der Waals surface area (Å²) in [6.45, 7) is 0. The Hall–Kier alpha value is -2.36. The zero-order valence-corrected chi connectivity index (χ0v) is 11.9. The molecule has 0 aliphatic heterocycles. The Labute approximate surface area is 123 Å². The van der Waals surface area contributed by atoms with Gasteiger partial charge in [0.05, 0.1) is 0 Å². The van der Waals surface area contributed by atoms with Crippen LogP contribution in [0.15, 0.2) is 36.7 Å². The van der Waals surface area contributed by atoms with E-state index in [0.717, 1.165) is 16.7 Å². The molecule has 3 aromatic rings. The van der Waals surface area contributed by atoms with E-state index in [9.17, 15) is 0 Å². The number of H-pyrrole nitrogens is 1. The van der Waals surface area contributed by atoms with E-state index in [1.807, 2.05) is 18.5 Å². The van der Waals surface area contributed by atoms with Crippen LogP contribution in [0.5, 0.6) is 0 Å². The molecule has 2 heterocycles. The van der Waals surface area contributed by atoms with Crippen LogP contribution in [0, 0.1) is 0 Å². The highest BCUT2D eigenvalue weighted by Crippen LogP contribution is 2.25. The fraction of sp³-hybridized carbons (Fsp3) is 0.294. The lowest BCUT2D eigenvalue weighted by Gasteiger charge is -2.10. The van der Waals surface area contributed by atoms with Crippen LogP contribution in [0.4, 0.5) is 11.6 Å². The lowest BCUT2D eigenvalue weighted by molar-refractivity contribution is 0.711. The molecule has 4 rings (SSSR count). The molecule has 0 atom stereocenters. The molecule has 0 saturated carbocycles. The lowest BCUT2D eigenvalue weighted by atomic mass is 10.0. The molecule has 1 aliphatic rings. The van der Waals surface area contributed by atoms with Gasteiger partial charge in [0.1, 0.15) is 5.65 Å². The predicted molar refractivity (Wildman–Crippen MR) is 84.9 cm³/mol. The van der Waals surface area contributed by atoms with Crippen molar-refractivity contribution >= 4 is 22.7 Å². The van der Waals surface area contributed by atoms with Crippen molar-refractivity contribution in [1.82, 2.24) is 15.0 Å². The van der Waals surface area contributed by atoms with Crippen LogP contribution in [-0.2, 0) is 12.8 Å². The summed E-state index contributed by atoms with van der Waals surface area (Å²) in [7, 11) is 0. The largest absolute Gasteiger partial charge is 0.346 e. The molecule has 0 fully saturated rings. The van der Waals surface area contributed by atoms with Crippen molar-refractivity contribution in [2.75, 3.05) is 5.32 Å². The Morgan fingerprint density at radius 1 is 1.00 bits per heavy atom. The number of benzene rings is 1. The van der Waals surface area contributed by atoms with Gasteiger partial charge < -0.3 is 10.3 Å². The van der Waals surface area contributed by atoms with Gasteiger partial charge in [-0.1, -0.05) is 12.5 Å². The normalized spacial score (nSPS) is 14.7. The molecule has 0 saturated heterocycles. The molecule has 2 N–H and O–H groups in total. The number of rotatable bonds is 2. The fourth-order valence-corrected chi connectivity index (χ4v) is 3.02. The highest BCUT2D eigenvalue weighted by molar-refractivity contribution is 5.75. The van der Waals surface area contributed by atoms with Gasteiger partial charge in [-0.25, -0.2) is 4.98 Å². The predicted octanol–water partition coefficient (Wildman–Crippen LogP) is 3.97. The van der Waals surface area contributed by atoms with E-state index < -0.39 is 0 Å². The van der Waals surface area contributed by atoms with Crippen LogP contribution in [0.25, 0.3) is 11.0 Å². The van der Waals surface area contributed by atoms with Crippen molar-refractivity contribution in [3.8, 4) is 0 Å². The van der Waals surface area contributed by atoms with Crippen LogP contribution < -0.4 is 5.32 Å². The van der Waals surface area contributed by atoms with Gasteiger partial charge in [0.2, 0.25) is 5.95 Å². The Balaban J connectivity index is 1.62. The van der Waals surface area contributed by atoms with Gasteiger partial charge in [-0.05, 0) is 55.0 Å². The Morgan fingerprint density at radius 2 is 1.90 bits per heavy atom. The number of aromatic amines is 1.